The van der Waals surface area contributed by atoms with Gasteiger partial charge in [0.1, 0.15) is 0 Å². The first-order chi connectivity index (χ1) is 9.79. The van der Waals surface area contributed by atoms with Crippen molar-refractivity contribution in [3.05, 3.63) is 29.8 Å². The van der Waals surface area contributed by atoms with Gasteiger partial charge in [0.2, 0.25) is 0 Å². The van der Waals surface area contributed by atoms with Gasteiger partial charge in [-0.1, -0.05) is 28.9 Å². The Balaban J connectivity index is 2.11. The van der Waals surface area contributed by atoms with E-state index in [1.807, 2.05) is 4.90 Å². The SMILES string of the molecule is CC(Br)C1CCN(C(=O)c2cccc(S(C)(=O)=O)c2)CC1. The number of hydrogen-bond acceptors (Lipinski definition) is 3. The van der Waals surface area contributed by atoms with Crippen molar-refractivity contribution in [2.24, 2.45) is 5.92 Å². The van der Waals surface area contributed by atoms with Gasteiger partial charge in [-0.05, 0) is 37.0 Å². The third-order valence-corrected chi connectivity index (χ3v) is 5.84. The third-order valence-electron chi connectivity index (χ3n) is 3.99. The summed E-state index contributed by atoms with van der Waals surface area (Å²) in [6.07, 6.45) is 3.10. The van der Waals surface area contributed by atoms with Gasteiger partial charge in [-0.3, -0.25) is 4.79 Å². The first kappa shape index (κ1) is 16.5. The van der Waals surface area contributed by atoms with Crippen LogP contribution in [-0.2, 0) is 9.84 Å². The summed E-state index contributed by atoms with van der Waals surface area (Å²) in [4.78, 5) is 14.9. The lowest BCUT2D eigenvalue weighted by Gasteiger charge is -2.33. The second-order valence-corrected chi connectivity index (χ2v) is 9.07. The summed E-state index contributed by atoms with van der Waals surface area (Å²) in [5.41, 5.74) is 0.447. The van der Waals surface area contributed by atoms with Crippen LogP contribution in [0.1, 0.15) is 30.1 Å². The molecule has 1 saturated heterocycles. The quantitative estimate of drug-likeness (QED) is 0.765. The normalized spacial score (nSPS) is 18.5. The van der Waals surface area contributed by atoms with Crippen LogP contribution >= 0.6 is 15.9 Å². The van der Waals surface area contributed by atoms with E-state index in [1.54, 1.807) is 12.1 Å². The predicted molar refractivity (Wildman–Crippen MR) is 86.6 cm³/mol. The van der Waals surface area contributed by atoms with Gasteiger partial charge < -0.3 is 4.90 Å². The van der Waals surface area contributed by atoms with Crippen molar-refractivity contribution in [3.63, 3.8) is 0 Å². The number of amides is 1. The van der Waals surface area contributed by atoms with Gasteiger partial charge in [0.05, 0.1) is 4.90 Å². The molecule has 6 heteroatoms. The Morgan fingerprint density at radius 1 is 1.33 bits per heavy atom. The van der Waals surface area contributed by atoms with Crippen LogP contribution in [0.5, 0.6) is 0 Å². The summed E-state index contributed by atoms with van der Waals surface area (Å²) in [6, 6.07) is 6.29. The molecule has 1 aromatic rings. The standard InChI is InChI=1S/C15H20BrNO3S/c1-11(16)12-6-8-17(9-7-12)15(18)13-4-3-5-14(10-13)21(2,19)20/h3-5,10-12H,6-9H2,1-2H3. The summed E-state index contributed by atoms with van der Waals surface area (Å²) in [5, 5.41) is 0. The van der Waals surface area contributed by atoms with Gasteiger partial charge in [-0.2, -0.15) is 0 Å². The molecular formula is C15H20BrNO3S. The number of halogens is 1. The molecule has 1 amide bonds. The molecule has 1 aromatic carbocycles. The Bertz CT molecular complexity index is 620. The van der Waals surface area contributed by atoms with Crippen LogP contribution in [0, 0.1) is 5.92 Å². The van der Waals surface area contributed by atoms with E-state index >= 15 is 0 Å². The van der Waals surface area contributed by atoms with Crippen molar-refractivity contribution in [3.8, 4) is 0 Å². The lowest BCUT2D eigenvalue weighted by molar-refractivity contribution is 0.0691. The van der Waals surface area contributed by atoms with Gasteiger partial charge in [0.25, 0.3) is 5.91 Å². The van der Waals surface area contributed by atoms with E-state index in [2.05, 4.69) is 22.9 Å². The highest BCUT2D eigenvalue weighted by molar-refractivity contribution is 9.09. The van der Waals surface area contributed by atoms with Gasteiger partial charge in [0.15, 0.2) is 9.84 Å². The number of rotatable bonds is 3. The topological polar surface area (TPSA) is 54.5 Å². The first-order valence-electron chi connectivity index (χ1n) is 7.02. The number of benzene rings is 1. The lowest BCUT2D eigenvalue weighted by atomic mass is 9.94. The highest BCUT2D eigenvalue weighted by Crippen LogP contribution is 2.26. The molecule has 0 spiro atoms. The number of carbonyl (C=O) groups excluding carboxylic acids is 1. The molecule has 0 aromatic heterocycles. The summed E-state index contributed by atoms with van der Waals surface area (Å²) in [7, 11) is -3.29. The van der Waals surface area contributed by atoms with Crippen molar-refractivity contribution in [1.29, 1.82) is 0 Å². The van der Waals surface area contributed by atoms with Crippen molar-refractivity contribution in [2.75, 3.05) is 19.3 Å². The Hall–Kier alpha value is -0.880. The lowest BCUT2D eigenvalue weighted by Crippen LogP contribution is -2.40. The van der Waals surface area contributed by atoms with Crippen LogP contribution < -0.4 is 0 Å². The maximum absolute atomic E-state index is 12.5. The fraction of sp³-hybridized carbons (Fsp3) is 0.533. The zero-order valence-electron chi connectivity index (χ0n) is 12.3. The minimum Gasteiger partial charge on any atom is -0.339 e. The summed E-state index contributed by atoms with van der Waals surface area (Å²) in [6.45, 7) is 3.59. The highest BCUT2D eigenvalue weighted by atomic mass is 79.9. The second-order valence-electron chi connectivity index (χ2n) is 5.61. The molecule has 2 rings (SSSR count). The van der Waals surface area contributed by atoms with E-state index < -0.39 is 9.84 Å². The van der Waals surface area contributed by atoms with Crippen molar-refractivity contribution in [1.82, 2.24) is 4.90 Å². The molecule has 1 unspecified atom stereocenters. The van der Waals surface area contributed by atoms with Crippen molar-refractivity contribution in [2.45, 2.75) is 29.5 Å². The van der Waals surface area contributed by atoms with Crippen LogP contribution in [0.25, 0.3) is 0 Å². The molecule has 0 N–H and O–H groups in total. The molecule has 1 aliphatic heterocycles. The second kappa shape index (κ2) is 6.48. The van der Waals surface area contributed by atoms with Crippen LogP contribution in [0.15, 0.2) is 29.2 Å². The predicted octanol–water partition coefficient (Wildman–Crippen LogP) is 2.73. The van der Waals surface area contributed by atoms with E-state index in [0.717, 1.165) is 32.2 Å². The zero-order chi connectivity index (χ0) is 15.6. The molecule has 116 valence electrons. The summed E-state index contributed by atoms with van der Waals surface area (Å²) in [5.74, 6) is 0.512. The molecule has 0 radical (unpaired) electrons. The van der Waals surface area contributed by atoms with Crippen LogP contribution in [-0.4, -0.2) is 43.4 Å². The number of hydrogen-bond donors (Lipinski definition) is 0. The molecule has 1 atom stereocenters. The monoisotopic (exact) mass is 373 g/mol. The maximum atomic E-state index is 12.5. The highest BCUT2D eigenvalue weighted by Gasteiger charge is 2.26. The Kier molecular flexibility index (Phi) is 5.09. The molecule has 1 fully saturated rings. The molecule has 4 nitrogen and oxygen atoms in total. The molecule has 21 heavy (non-hydrogen) atoms. The molecule has 1 aliphatic rings. The van der Waals surface area contributed by atoms with E-state index in [4.69, 9.17) is 0 Å². The Morgan fingerprint density at radius 2 is 1.95 bits per heavy atom. The van der Waals surface area contributed by atoms with Gasteiger partial charge in [-0.25, -0.2) is 8.42 Å². The Morgan fingerprint density at radius 3 is 2.48 bits per heavy atom. The van der Waals surface area contributed by atoms with Gasteiger partial charge in [-0.15, -0.1) is 0 Å². The average molecular weight is 374 g/mol. The summed E-state index contributed by atoms with van der Waals surface area (Å²) >= 11 is 3.60. The zero-order valence-corrected chi connectivity index (χ0v) is 14.7. The smallest absolute Gasteiger partial charge is 0.253 e. The van der Waals surface area contributed by atoms with Crippen LogP contribution in [0.4, 0.5) is 0 Å². The fourth-order valence-corrected chi connectivity index (χ4v) is 3.80. The molecular weight excluding hydrogens is 354 g/mol. The summed E-state index contributed by atoms with van der Waals surface area (Å²) < 4.78 is 23.1. The molecule has 1 heterocycles. The van der Waals surface area contributed by atoms with E-state index in [-0.39, 0.29) is 10.8 Å². The van der Waals surface area contributed by atoms with Gasteiger partial charge in [0, 0.05) is 29.7 Å². The number of carbonyl (C=O) groups is 1. The molecule has 0 saturated carbocycles. The van der Waals surface area contributed by atoms with Crippen LogP contribution in [0.2, 0.25) is 0 Å². The number of alkyl halides is 1. The minimum absolute atomic E-state index is 0.0822. The molecule has 0 aliphatic carbocycles. The van der Waals surface area contributed by atoms with Crippen LogP contribution in [0.3, 0.4) is 0 Å². The number of sulfone groups is 1. The third kappa shape index (κ3) is 4.07. The fourth-order valence-electron chi connectivity index (χ4n) is 2.60. The largest absolute Gasteiger partial charge is 0.339 e. The van der Waals surface area contributed by atoms with E-state index in [9.17, 15) is 13.2 Å². The van der Waals surface area contributed by atoms with Crippen molar-refractivity contribution < 1.29 is 13.2 Å². The van der Waals surface area contributed by atoms with E-state index in [0.29, 0.717) is 16.3 Å². The Labute approximate surface area is 134 Å². The van der Waals surface area contributed by atoms with Crippen molar-refractivity contribution >= 4 is 31.7 Å². The minimum atomic E-state index is -3.29. The van der Waals surface area contributed by atoms with E-state index in [1.165, 1.54) is 12.1 Å². The number of likely N-dealkylation sites (tertiary alicyclic amines) is 1. The maximum Gasteiger partial charge on any atom is 0.253 e. The molecule has 0 bridgehead atoms. The number of nitrogens with zero attached hydrogens (tertiary/aromatic N) is 1. The van der Waals surface area contributed by atoms with Gasteiger partial charge >= 0.3 is 0 Å². The first-order valence-corrected chi connectivity index (χ1v) is 9.83. The number of piperidine rings is 1. The average Bonchev–Trinajstić information content (AvgIpc) is 2.46.